The zero-order valence-corrected chi connectivity index (χ0v) is 19.4. The third-order valence-electron chi connectivity index (χ3n) is 4.83. The number of esters is 1. The lowest BCUT2D eigenvalue weighted by Crippen LogP contribution is -2.43. The van der Waals surface area contributed by atoms with Gasteiger partial charge in [-0.05, 0) is 43.0 Å². The van der Waals surface area contributed by atoms with E-state index in [-0.39, 0.29) is 30.3 Å². The first-order chi connectivity index (χ1) is 14.5. The molecule has 0 saturated heterocycles. The van der Waals surface area contributed by atoms with Gasteiger partial charge in [0.05, 0.1) is 6.42 Å². The van der Waals surface area contributed by atoms with Crippen LogP contribution in [0.2, 0.25) is 0 Å². The number of nitrogens with zero attached hydrogens (tertiary/aromatic N) is 2. The Morgan fingerprint density at radius 3 is 2.45 bits per heavy atom. The molecule has 2 N–H and O–H groups in total. The number of ketones is 1. The number of ether oxygens (including phenoxy) is 1. The number of aryl methyl sites for hydroxylation is 2. The number of nitrogen functional groups attached to an aromatic ring is 1. The molecule has 0 atom stereocenters. The first-order valence-electron chi connectivity index (χ1n) is 10.0. The predicted molar refractivity (Wildman–Crippen MR) is 122 cm³/mol. The lowest BCUT2D eigenvalue weighted by molar-refractivity contribution is -0.141. The van der Waals surface area contributed by atoms with Crippen LogP contribution in [0.1, 0.15) is 41.8 Å². The van der Waals surface area contributed by atoms with Crippen LogP contribution in [0, 0.1) is 19.8 Å². The summed E-state index contributed by atoms with van der Waals surface area (Å²) in [4.78, 5) is 50.4. The number of hydrogen-bond donors (Lipinski definition) is 1. The molecule has 31 heavy (non-hydrogen) atoms. The highest BCUT2D eigenvalue weighted by Gasteiger charge is 2.23. The summed E-state index contributed by atoms with van der Waals surface area (Å²) in [5, 5.41) is 0. The molecule has 0 aliphatic carbocycles. The van der Waals surface area contributed by atoms with Crippen molar-refractivity contribution in [3.63, 3.8) is 0 Å². The van der Waals surface area contributed by atoms with E-state index in [1.54, 1.807) is 0 Å². The number of carbonyl (C=O) groups excluding carboxylic acids is 2. The molecule has 0 unspecified atom stereocenters. The normalized spacial score (nSPS) is 11.0. The van der Waals surface area contributed by atoms with Gasteiger partial charge >= 0.3 is 11.7 Å². The average Bonchev–Trinajstić information content (AvgIpc) is 2.70. The van der Waals surface area contributed by atoms with Crippen LogP contribution in [0.25, 0.3) is 0 Å². The summed E-state index contributed by atoms with van der Waals surface area (Å²) in [6, 6.07) is 6.07. The fourth-order valence-corrected chi connectivity index (χ4v) is 3.86. The summed E-state index contributed by atoms with van der Waals surface area (Å²) in [6.07, 6.45) is 0.116. The second-order valence-electron chi connectivity index (χ2n) is 7.84. The molecule has 8 nitrogen and oxygen atoms in total. The number of aromatic nitrogens is 2. The zero-order chi connectivity index (χ0) is 23.3. The van der Waals surface area contributed by atoms with Crippen LogP contribution in [0.15, 0.2) is 32.7 Å². The molecule has 0 bridgehead atoms. The van der Waals surface area contributed by atoms with E-state index in [1.165, 1.54) is 34.5 Å². The molecular weight excluding hydrogens is 418 g/mol. The number of benzene rings is 1. The monoisotopic (exact) mass is 447 g/mol. The Labute approximate surface area is 185 Å². The molecule has 1 heterocycles. The van der Waals surface area contributed by atoms with Gasteiger partial charge in [-0.1, -0.05) is 19.9 Å². The number of carbonyl (C=O) groups is 2. The van der Waals surface area contributed by atoms with E-state index in [1.807, 2.05) is 39.8 Å². The van der Waals surface area contributed by atoms with Crippen LogP contribution in [0.4, 0.5) is 5.82 Å². The smallest absolute Gasteiger partial charge is 0.332 e. The van der Waals surface area contributed by atoms with Gasteiger partial charge in [0.15, 0.2) is 6.61 Å². The van der Waals surface area contributed by atoms with E-state index in [4.69, 9.17) is 10.5 Å². The number of rotatable bonds is 9. The average molecular weight is 448 g/mol. The maximum atomic E-state index is 12.6. The van der Waals surface area contributed by atoms with E-state index in [0.717, 1.165) is 9.46 Å². The molecular formula is C22H29N3O5S. The fourth-order valence-electron chi connectivity index (χ4n) is 2.93. The van der Waals surface area contributed by atoms with Crippen molar-refractivity contribution in [1.82, 2.24) is 9.13 Å². The molecule has 1 aromatic heterocycles. The molecule has 0 amide bonds. The van der Waals surface area contributed by atoms with Gasteiger partial charge < -0.3 is 10.5 Å². The molecule has 0 saturated carbocycles. The Balaban J connectivity index is 2.01. The molecule has 0 spiro atoms. The Bertz CT molecular complexity index is 1100. The minimum Gasteiger partial charge on any atom is -0.457 e. The van der Waals surface area contributed by atoms with E-state index in [2.05, 4.69) is 6.07 Å². The summed E-state index contributed by atoms with van der Waals surface area (Å²) >= 11 is 1.52. The first-order valence-corrected chi connectivity index (χ1v) is 11.0. The van der Waals surface area contributed by atoms with E-state index >= 15 is 0 Å². The maximum Gasteiger partial charge on any atom is 0.332 e. The minimum absolute atomic E-state index is 0.0769. The minimum atomic E-state index is -0.797. The van der Waals surface area contributed by atoms with Crippen molar-refractivity contribution in [3.05, 3.63) is 55.7 Å². The number of hydrogen-bond acceptors (Lipinski definition) is 7. The van der Waals surface area contributed by atoms with E-state index in [0.29, 0.717) is 5.75 Å². The first kappa shape index (κ1) is 24.5. The van der Waals surface area contributed by atoms with Gasteiger partial charge in [0.1, 0.15) is 11.4 Å². The van der Waals surface area contributed by atoms with Crippen molar-refractivity contribution in [2.45, 2.75) is 45.6 Å². The summed E-state index contributed by atoms with van der Waals surface area (Å²) < 4.78 is 7.08. The maximum absolute atomic E-state index is 12.6. The van der Waals surface area contributed by atoms with E-state index in [9.17, 15) is 19.2 Å². The summed E-state index contributed by atoms with van der Waals surface area (Å²) in [6.45, 7) is 7.49. The molecule has 0 fully saturated rings. The lowest BCUT2D eigenvalue weighted by Gasteiger charge is -2.16. The third kappa shape index (κ3) is 6.10. The third-order valence-corrected chi connectivity index (χ3v) is 5.82. The summed E-state index contributed by atoms with van der Waals surface area (Å²) in [5.41, 5.74) is 6.62. The Morgan fingerprint density at radius 2 is 1.84 bits per heavy atom. The molecule has 168 valence electrons. The van der Waals surface area contributed by atoms with Crippen molar-refractivity contribution < 1.29 is 14.3 Å². The SMILES string of the molecule is Cc1ccc(SCCC(=O)OCC(=O)c2c(N)n(CC(C)C)c(=O)n(C)c2=O)cc1C. The number of Topliss-reactive ketones (excluding diaryl/α,β-unsaturated/α-hetero) is 1. The van der Waals surface area contributed by atoms with Crippen LogP contribution in [0.5, 0.6) is 0 Å². The highest BCUT2D eigenvalue weighted by molar-refractivity contribution is 7.99. The Hall–Kier alpha value is -2.81. The van der Waals surface area contributed by atoms with Crippen molar-refractivity contribution in [3.8, 4) is 0 Å². The van der Waals surface area contributed by atoms with Crippen molar-refractivity contribution in [2.75, 3.05) is 18.1 Å². The van der Waals surface area contributed by atoms with Gasteiger partial charge in [-0.2, -0.15) is 0 Å². The topological polar surface area (TPSA) is 113 Å². The van der Waals surface area contributed by atoms with Crippen LogP contribution in [-0.4, -0.2) is 33.2 Å². The summed E-state index contributed by atoms with van der Waals surface area (Å²) in [7, 11) is 1.29. The van der Waals surface area contributed by atoms with Gasteiger partial charge in [-0.15, -0.1) is 11.8 Å². The molecule has 1 aromatic carbocycles. The molecule has 0 aliphatic heterocycles. The van der Waals surface area contributed by atoms with Crippen LogP contribution >= 0.6 is 11.8 Å². The number of thioether (sulfide) groups is 1. The second kappa shape index (κ2) is 10.5. The highest BCUT2D eigenvalue weighted by Crippen LogP contribution is 2.21. The summed E-state index contributed by atoms with van der Waals surface area (Å²) in [5.74, 6) is -0.902. The molecule has 0 radical (unpaired) electrons. The van der Waals surface area contributed by atoms with Crippen LogP contribution in [-0.2, 0) is 23.1 Å². The Morgan fingerprint density at radius 1 is 1.16 bits per heavy atom. The fraction of sp³-hybridized carbons (Fsp3) is 0.455. The predicted octanol–water partition coefficient (Wildman–Crippen LogP) is 2.31. The standard InChI is InChI=1S/C22H29N3O5S/c1-13(2)11-25-20(23)19(21(28)24(5)22(25)29)17(26)12-30-18(27)8-9-31-16-7-6-14(3)15(4)10-16/h6-7,10,13H,8-9,11-12,23H2,1-5H3. The van der Waals surface area contributed by atoms with Crippen molar-refractivity contribution in [1.29, 1.82) is 0 Å². The molecule has 0 aliphatic rings. The molecule has 2 rings (SSSR count). The number of anilines is 1. The Kier molecular flexibility index (Phi) is 8.27. The van der Waals surface area contributed by atoms with Gasteiger partial charge in [-0.3, -0.25) is 23.5 Å². The van der Waals surface area contributed by atoms with Gasteiger partial charge in [-0.25, -0.2) is 4.79 Å². The molecule has 9 heteroatoms. The van der Waals surface area contributed by atoms with Crippen LogP contribution < -0.4 is 17.0 Å². The van der Waals surface area contributed by atoms with E-state index < -0.39 is 29.6 Å². The second-order valence-corrected chi connectivity index (χ2v) is 9.01. The highest BCUT2D eigenvalue weighted by atomic mass is 32.2. The number of nitrogens with two attached hydrogens (primary N) is 1. The lowest BCUT2D eigenvalue weighted by atomic mass is 10.1. The van der Waals surface area contributed by atoms with Crippen molar-refractivity contribution >= 4 is 29.3 Å². The van der Waals surface area contributed by atoms with Crippen molar-refractivity contribution in [2.24, 2.45) is 13.0 Å². The van der Waals surface area contributed by atoms with Gasteiger partial charge in [0.25, 0.3) is 5.56 Å². The van der Waals surface area contributed by atoms with Gasteiger partial charge in [0.2, 0.25) is 5.78 Å². The quantitative estimate of drug-likeness (QED) is 0.356. The molecule has 2 aromatic rings. The van der Waals surface area contributed by atoms with Crippen LogP contribution in [0.3, 0.4) is 0 Å². The largest absolute Gasteiger partial charge is 0.457 e. The zero-order valence-electron chi connectivity index (χ0n) is 18.6. The van der Waals surface area contributed by atoms with Gasteiger partial charge in [0, 0.05) is 24.2 Å².